The van der Waals surface area contributed by atoms with Crippen LogP contribution >= 0.6 is 30.1 Å². The smallest absolute Gasteiger partial charge is 0.424 e. The Bertz CT molecular complexity index is 1440. The molecule has 2 aromatic carbocycles. The average Bonchev–Trinajstić information content (AvgIpc) is 2.83. The third-order valence-electron chi connectivity index (χ3n) is 5.03. The summed E-state index contributed by atoms with van der Waals surface area (Å²) in [5, 5.41) is 2.75. The summed E-state index contributed by atoms with van der Waals surface area (Å²) in [6.07, 6.45) is -6.45. The first-order valence-corrected chi connectivity index (χ1v) is 16.8. The van der Waals surface area contributed by atoms with E-state index < -0.39 is 45.2 Å². The number of carbonyl (C=O) groups excluding carboxylic acids is 2. The number of ether oxygens (including phenoxy) is 2. The molecule has 0 aliphatic heterocycles. The molecule has 0 unspecified atom stereocenters. The molecule has 0 radical (unpaired) electrons. The monoisotopic (exact) mass is 726 g/mol. The van der Waals surface area contributed by atoms with Gasteiger partial charge in [-0.25, -0.2) is 22.3 Å². The lowest BCUT2D eigenvalue weighted by Crippen LogP contribution is -2.38. The minimum Gasteiger partial charge on any atom is -0.443 e. The van der Waals surface area contributed by atoms with Crippen molar-refractivity contribution in [2.75, 3.05) is 11.9 Å². The first-order valence-electron chi connectivity index (χ1n) is 12.0. The van der Waals surface area contributed by atoms with Gasteiger partial charge in [-0.1, -0.05) is 18.1 Å². The Balaban J connectivity index is 2.63. The van der Waals surface area contributed by atoms with Crippen LogP contribution in [-0.4, -0.2) is 43.2 Å². The molecule has 0 heterocycles. The van der Waals surface area contributed by atoms with E-state index in [1.54, 1.807) is 41.5 Å². The summed E-state index contributed by atoms with van der Waals surface area (Å²) in [7, 11) is -2.22. The Kier molecular flexibility index (Phi) is 11.1. The Hall–Kier alpha value is -2.64. The molecule has 0 spiro atoms. The maximum absolute atomic E-state index is 13.3. The highest BCUT2D eigenvalue weighted by atomic mass is 127. The van der Waals surface area contributed by atoms with Crippen LogP contribution < -0.4 is 4.90 Å². The highest BCUT2D eigenvalue weighted by molar-refractivity contribution is 14.2. The van der Waals surface area contributed by atoms with Gasteiger partial charge in [0.2, 0.25) is 0 Å². The fraction of sp³-hybridized carbons (Fsp3) is 0.407. The van der Waals surface area contributed by atoms with Crippen molar-refractivity contribution in [1.82, 2.24) is 4.31 Å². The van der Waals surface area contributed by atoms with Crippen molar-refractivity contribution < 1.29 is 40.7 Å². The van der Waals surface area contributed by atoms with Gasteiger partial charge in [-0.15, -0.1) is 0 Å². The molecule has 2 amide bonds. The van der Waals surface area contributed by atoms with Gasteiger partial charge in [0, 0.05) is 28.3 Å². The molecule has 0 saturated heterocycles. The highest BCUT2D eigenvalue weighted by Gasteiger charge is 2.33. The summed E-state index contributed by atoms with van der Waals surface area (Å²) >= 11 is 1.92. The van der Waals surface area contributed by atoms with Crippen LogP contribution in [-0.2, 0) is 32.2 Å². The van der Waals surface area contributed by atoms with Crippen molar-refractivity contribution in [3.05, 3.63) is 59.2 Å². The van der Waals surface area contributed by atoms with Crippen molar-refractivity contribution >= 4 is 58.0 Å². The summed E-state index contributed by atoms with van der Waals surface area (Å²) in [5.74, 6) is 2.80. The molecule has 8 nitrogen and oxygen atoms in total. The summed E-state index contributed by atoms with van der Waals surface area (Å²) in [4.78, 5) is 26.6. The number of hydrogen-bond acceptors (Lipinski definition) is 7. The molecular formula is C27H30F3IN2O6S2. The van der Waals surface area contributed by atoms with Gasteiger partial charge in [-0.05, 0) is 91.6 Å². The topological polar surface area (TPSA) is 93.2 Å². The Labute approximate surface area is 254 Å². The molecule has 224 valence electrons. The molecule has 0 aliphatic rings. The number of anilines is 1. The lowest BCUT2D eigenvalue weighted by atomic mass is 10.1. The van der Waals surface area contributed by atoms with E-state index in [-0.39, 0.29) is 22.7 Å². The van der Waals surface area contributed by atoms with Crippen LogP contribution in [0.2, 0.25) is 0 Å². The van der Waals surface area contributed by atoms with Gasteiger partial charge in [0.1, 0.15) is 11.2 Å². The van der Waals surface area contributed by atoms with Crippen molar-refractivity contribution in [2.45, 2.75) is 70.4 Å². The van der Waals surface area contributed by atoms with Crippen molar-refractivity contribution in [2.24, 2.45) is 0 Å². The molecule has 0 N–H and O–H groups in total. The lowest BCUT2D eigenvalue weighted by Gasteiger charge is -2.29. The van der Waals surface area contributed by atoms with E-state index in [4.69, 9.17) is 9.47 Å². The van der Waals surface area contributed by atoms with Gasteiger partial charge in [0.05, 0.1) is 28.3 Å². The maximum atomic E-state index is 13.3. The highest BCUT2D eigenvalue weighted by Crippen LogP contribution is 2.31. The minimum absolute atomic E-state index is 0.102. The van der Waals surface area contributed by atoms with Crippen molar-refractivity contribution in [3.8, 4) is 11.2 Å². The van der Waals surface area contributed by atoms with Crippen LogP contribution in [0.4, 0.5) is 28.4 Å². The summed E-state index contributed by atoms with van der Waals surface area (Å²) in [6.45, 7) is 9.53. The van der Waals surface area contributed by atoms with Crippen LogP contribution in [0, 0.1) is 11.2 Å². The van der Waals surface area contributed by atoms with Gasteiger partial charge in [-0.3, -0.25) is 4.90 Å². The van der Waals surface area contributed by atoms with Crippen LogP contribution in [0.3, 0.4) is 0 Å². The molecule has 0 bridgehead atoms. The average molecular weight is 727 g/mol. The number of benzene rings is 2. The fourth-order valence-corrected chi connectivity index (χ4v) is 4.75. The standard InChI is InChI=1S/C27H30F3IN2O6S2/c1-25(2,3)38-23(34)32(7)41(36,37)21-12-13-22(19(16-21)14-15-40-31)33(24(35)39-26(4,5)6)17-18-8-10-20(11-9-18)27(28,29)30/h8-13,16H,17H2,1-7H3. The quantitative estimate of drug-likeness (QED) is 0.232. The summed E-state index contributed by atoms with van der Waals surface area (Å²) < 4.78 is 76.9. The largest absolute Gasteiger partial charge is 0.443 e. The van der Waals surface area contributed by atoms with Crippen LogP contribution in [0.15, 0.2) is 47.4 Å². The number of hydrogen-bond donors (Lipinski definition) is 0. The number of halogens is 4. The molecule has 0 atom stereocenters. The molecule has 0 saturated carbocycles. The van der Waals surface area contributed by atoms with Crippen LogP contribution in [0.1, 0.15) is 58.2 Å². The van der Waals surface area contributed by atoms with Gasteiger partial charge in [0.25, 0.3) is 10.0 Å². The summed E-state index contributed by atoms with van der Waals surface area (Å²) in [5.41, 5.74) is -2.10. The molecule has 0 fully saturated rings. The molecule has 14 heteroatoms. The van der Waals surface area contributed by atoms with E-state index in [1.807, 2.05) is 21.2 Å². The predicted molar refractivity (Wildman–Crippen MR) is 160 cm³/mol. The van der Waals surface area contributed by atoms with E-state index >= 15 is 0 Å². The minimum atomic E-state index is -4.53. The van der Waals surface area contributed by atoms with Crippen molar-refractivity contribution in [3.63, 3.8) is 0 Å². The fourth-order valence-electron chi connectivity index (χ4n) is 3.21. The summed E-state index contributed by atoms with van der Waals surface area (Å²) in [6, 6.07) is 8.00. The maximum Gasteiger partial charge on any atom is 0.424 e. The number of rotatable bonds is 5. The van der Waals surface area contributed by atoms with Crippen LogP contribution in [0.25, 0.3) is 0 Å². The zero-order valence-electron chi connectivity index (χ0n) is 23.4. The third-order valence-corrected chi connectivity index (χ3v) is 7.59. The molecule has 41 heavy (non-hydrogen) atoms. The molecule has 0 aromatic heterocycles. The van der Waals surface area contributed by atoms with Gasteiger partial charge >= 0.3 is 18.4 Å². The second-order valence-corrected chi connectivity index (χ2v) is 14.3. The SMILES string of the molecule is CN(C(=O)OC(C)(C)C)S(=O)(=O)c1ccc(N(Cc2ccc(C(F)(F)F)cc2)C(=O)OC(C)(C)C)c(C#CSI)c1. The van der Waals surface area contributed by atoms with E-state index in [2.05, 4.69) is 11.2 Å². The predicted octanol–water partition coefficient (Wildman–Crippen LogP) is 7.59. The second kappa shape index (κ2) is 13.1. The Morgan fingerprint density at radius 3 is 1.95 bits per heavy atom. The van der Waals surface area contributed by atoms with E-state index in [0.29, 0.717) is 9.87 Å². The molecule has 2 aromatic rings. The van der Waals surface area contributed by atoms with E-state index in [0.717, 1.165) is 33.0 Å². The third kappa shape index (κ3) is 10.00. The zero-order valence-corrected chi connectivity index (χ0v) is 27.2. The van der Waals surface area contributed by atoms with E-state index in [9.17, 15) is 31.2 Å². The van der Waals surface area contributed by atoms with E-state index in [1.165, 1.54) is 30.3 Å². The normalized spacial score (nSPS) is 12.2. The van der Waals surface area contributed by atoms with Gasteiger partial charge in [-0.2, -0.15) is 13.2 Å². The number of sulfonamides is 1. The number of amides is 2. The molecule has 0 aliphatic carbocycles. The Morgan fingerprint density at radius 2 is 1.46 bits per heavy atom. The zero-order chi connectivity index (χ0) is 31.4. The van der Waals surface area contributed by atoms with Crippen LogP contribution in [0.5, 0.6) is 0 Å². The number of carbonyl (C=O) groups is 2. The van der Waals surface area contributed by atoms with Gasteiger partial charge < -0.3 is 9.47 Å². The molecular weight excluding hydrogens is 696 g/mol. The Morgan fingerprint density at radius 1 is 0.927 bits per heavy atom. The number of nitrogens with zero attached hydrogens (tertiary/aromatic N) is 2. The van der Waals surface area contributed by atoms with Crippen molar-refractivity contribution in [1.29, 1.82) is 0 Å². The molecule has 2 rings (SSSR count). The number of alkyl halides is 3. The first-order chi connectivity index (χ1) is 18.7. The first kappa shape index (κ1) is 34.6. The van der Waals surface area contributed by atoms with Gasteiger partial charge in [0.15, 0.2) is 0 Å². The lowest BCUT2D eigenvalue weighted by molar-refractivity contribution is -0.137. The second-order valence-electron chi connectivity index (χ2n) is 10.7.